The first-order valence-electron chi connectivity index (χ1n) is 24.6. The van der Waals surface area contributed by atoms with Crippen molar-refractivity contribution in [3.8, 4) is 0 Å². The lowest BCUT2D eigenvalue weighted by atomic mass is 9.85. The van der Waals surface area contributed by atoms with Gasteiger partial charge in [-0.3, -0.25) is 18.7 Å². The second-order valence-electron chi connectivity index (χ2n) is 20.2. The molecule has 0 radical (unpaired) electrons. The van der Waals surface area contributed by atoms with Gasteiger partial charge in [0.1, 0.15) is 11.3 Å². The van der Waals surface area contributed by atoms with Gasteiger partial charge in [-0.2, -0.15) is 9.97 Å². The molecule has 3 aliphatic heterocycles. The van der Waals surface area contributed by atoms with Gasteiger partial charge in [-0.15, -0.1) is 13.2 Å². The molecule has 0 bridgehead atoms. The van der Waals surface area contributed by atoms with Gasteiger partial charge in [-0.25, -0.2) is 35.4 Å². The average Bonchev–Trinajstić information content (AvgIpc) is 4.07. The molecule has 0 aromatic carbocycles. The summed E-state index contributed by atoms with van der Waals surface area (Å²) in [6, 6.07) is 4.21. The van der Waals surface area contributed by atoms with Crippen LogP contribution < -0.4 is 21.8 Å². The van der Waals surface area contributed by atoms with E-state index in [4.69, 9.17) is 14.3 Å². The second kappa shape index (κ2) is 22.4. The summed E-state index contributed by atoms with van der Waals surface area (Å²) < 4.78 is 65.4. The number of fused-ring (bicyclic) bond motifs is 2. The van der Waals surface area contributed by atoms with Crippen LogP contribution in [0.1, 0.15) is 122 Å². The number of allylic oxidation sites excluding steroid dienone is 2. The third-order valence-corrected chi connectivity index (χ3v) is 17.7. The lowest BCUT2D eigenvalue weighted by Gasteiger charge is -2.32. The Balaban J connectivity index is 0.000000168. The fraction of sp³-hybridized carbons (Fsp3) is 0.625. The van der Waals surface area contributed by atoms with E-state index in [0.717, 1.165) is 74.0 Å². The minimum Gasteiger partial charge on any atom is -0.403 e. The molecule has 18 nitrogen and oxygen atoms in total. The number of hydrogen-bond acceptors (Lipinski definition) is 14. The van der Waals surface area contributed by atoms with Gasteiger partial charge < -0.3 is 19.9 Å². The molecule has 2 N–H and O–H groups in total. The van der Waals surface area contributed by atoms with Gasteiger partial charge in [0.2, 0.25) is 31.9 Å². The van der Waals surface area contributed by atoms with E-state index in [1.54, 1.807) is 24.5 Å². The molecule has 5 fully saturated rings. The van der Waals surface area contributed by atoms with E-state index < -0.39 is 20.0 Å². The van der Waals surface area contributed by atoms with Crippen LogP contribution in [0.5, 0.6) is 0 Å². The molecule has 0 unspecified atom stereocenters. The van der Waals surface area contributed by atoms with Crippen LogP contribution in [0.4, 0.5) is 11.9 Å². The second-order valence-corrected chi connectivity index (χ2v) is 25.0. The zero-order valence-electron chi connectivity index (χ0n) is 41.5. The summed E-state index contributed by atoms with van der Waals surface area (Å²) in [6.07, 6.45) is 22.1. The van der Waals surface area contributed by atoms with Crippen molar-refractivity contribution >= 4 is 77.1 Å². The molecule has 0 atom stereocenters. The summed E-state index contributed by atoms with van der Waals surface area (Å²) in [4.78, 5) is 44.2. The Bertz CT molecular complexity index is 2860. The molecule has 4 aromatic heterocycles. The Kier molecular flexibility index (Phi) is 17.2. The molecule has 3 saturated heterocycles. The summed E-state index contributed by atoms with van der Waals surface area (Å²) in [5.41, 5.74) is 1.60. The first kappa shape index (κ1) is 53.7. The zero-order valence-corrected chi connectivity index (χ0v) is 44.8. The predicted octanol–water partition coefficient (Wildman–Crippen LogP) is 7.24. The Labute approximate surface area is 421 Å². The molecule has 0 spiro atoms. The largest absolute Gasteiger partial charge is 0.461 e. The van der Waals surface area contributed by atoms with Crippen molar-refractivity contribution in [2.45, 2.75) is 153 Å². The molecule has 0 amide bonds. The normalized spacial score (nSPS) is 20.8. The number of nitrogens with one attached hydrogen (secondary N) is 2. The fourth-order valence-electron chi connectivity index (χ4n) is 9.93. The van der Waals surface area contributed by atoms with E-state index in [9.17, 15) is 26.4 Å². The molecule has 70 heavy (non-hydrogen) atoms. The summed E-state index contributed by atoms with van der Waals surface area (Å²) in [5, 5.41) is 8.36. The van der Waals surface area contributed by atoms with Crippen LogP contribution in [0.15, 0.2) is 63.9 Å². The maximum atomic E-state index is 13.2. The van der Waals surface area contributed by atoms with Crippen LogP contribution in [0.3, 0.4) is 0 Å². The number of pyridine rings is 2. The highest BCUT2D eigenvalue weighted by molar-refractivity contribution is 9.10. The molecule has 2 aliphatic carbocycles. The van der Waals surface area contributed by atoms with E-state index in [0.29, 0.717) is 85.9 Å². The van der Waals surface area contributed by atoms with Crippen molar-refractivity contribution in [3.05, 3.63) is 80.6 Å². The first-order valence-corrected chi connectivity index (χ1v) is 29.1. The Morgan fingerprint density at radius 3 is 1.50 bits per heavy atom. The van der Waals surface area contributed by atoms with E-state index in [-0.39, 0.29) is 53.6 Å². The van der Waals surface area contributed by atoms with Crippen LogP contribution in [0, 0.1) is 0 Å². The maximum absolute atomic E-state index is 13.2. The number of halogens is 1. The fourth-order valence-corrected chi connectivity index (χ4v) is 12.1. The lowest BCUT2D eigenvalue weighted by molar-refractivity contribution is 0.00578. The number of nitrogens with zero attached hydrogens (tertiary/aromatic N) is 8. The monoisotopic (exact) mass is 1070 g/mol. The Morgan fingerprint density at radius 2 is 1.10 bits per heavy atom. The van der Waals surface area contributed by atoms with E-state index in [1.165, 1.54) is 21.1 Å². The van der Waals surface area contributed by atoms with E-state index >= 15 is 0 Å². The lowest BCUT2D eigenvalue weighted by Crippen LogP contribution is -2.42. The average molecular weight is 1070 g/mol. The number of hydrogen-bond donors (Lipinski definition) is 2. The number of sulfonamides is 2. The van der Waals surface area contributed by atoms with Gasteiger partial charge in [0, 0.05) is 85.4 Å². The minimum atomic E-state index is -3.15. The number of anilines is 2. The highest BCUT2D eigenvalue weighted by atomic mass is 79.9. The number of piperidine rings is 2. The van der Waals surface area contributed by atoms with Crippen molar-refractivity contribution in [1.29, 1.82) is 0 Å². The predicted molar refractivity (Wildman–Crippen MR) is 281 cm³/mol. The smallest absolute Gasteiger partial charge is 0.403 e. The zero-order chi connectivity index (χ0) is 50.6. The molecular weight excluding hydrogens is 999 g/mol. The highest BCUT2D eigenvalue weighted by Crippen LogP contribution is 2.38. The summed E-state index contributed by atoms with van der Waals surface area (Å²) >= 11 is 3.38. The van der Waals surface area contributed by atoms with Gasteiger partial charge in [-0.05, 0) is 114 Å². The Morgan fingerprint density at radius 1 is 0.686 bits per heavy atom. The molecule has 9 rings (SSSR count). The van der Waals surface area contributed by atoms with Crippen molar-refractivity contribution in [2.24, 2.45) is 0 Å². The third kappa shape index (κ3) is 12.8. The molecule has 4 aromatic rings. The van der Waals surface area contributed by atoms with Crippen LogP contribution in [0.2, 0.25) is 6.32 Å². The quantitative estimate of drug-likeness (QED) is 0.106. The van der Waals surface area contributed by atoms with Gasteiger partial charge in [0.25, 0.3) is 11.1 Å². The highest BCUT2D eigenvalue weighted by Gasteiger charge is 2.50. The maximum Gasteiger partial charge on any atom is 0.461 e. The van der Waals surface area contributed by atoms with E-state index in [2.05, 4.69) is 82.4 Å². The van der Waals surface area contributed by atoms with Crippen LogP contribution in [0.25, 0.3) is 22.1 Å². The van der Waals surface area contributed by atoms with E-state index in [1.807, 2.05) is 21.3 Å². The van der Waals surface area contributed by atoms with Gasteiger partial charge in [0.15, 0.2) is 0 Å². The van der Waals surface area contributed by atoms with Gasteiger partial charge in [-0.1, -0.05) is 37.8 Å². The molecule has 22 heteroatoms. The molecule has 2 saturated carbocycles. The molecular formula is C48H70BBrN10O8S2. The summed E-state index contributed by atoms with van der Waals surface area (Å²) in [5.74, 6) is 0.974. The van der Waals surface area contributed by atoms with Gasteiger partial charge in [0.05, 0.1) is 28.2 Å². The summed E-state index contributed by atoms with van der Waals surface area (Å²) in [7, 11) is -6.41. The van der Waals surface area contributed by atoms with Crippen molar-refractivity contribution in [3.63, 3.8) is 0 Å². The van der Waals surface area contributed by atoms with Crippen LogP contribution >= 0.6 is 15.9 Å². The van der Waals surface area contributed by atoms with Crippen molar-refractivity contribution in [1.82, 2.24) is 37.7 Å². The summed E-state index contributed by atoms with van der Waals surface area (Å²) in [6.45, 7) is 17.6. The van der Waals surface area contributed by atoms with Crippen molar-refractivity contribution in [2.75, 3.05) is 49.3 Å². The first-order chi connectivity index (χ1) is 33.1. The Hall–Kier alpha value is -4.06. The third-order valence-electron chi connectivity index (χ3n) is 14.5. The molecule has 7 heterocycles. The SMILES string of the molecule is C=CCB1OC(C)(C)C(C)(C)O1.C=CCc1cc2cnc(NC3CCN(S(C)(=O)=O)CC3)nc2n(C2CCCC2)c1=O.CS(=O)(=O)N1CCC(Nc2ncc3cc(Br)c(=O)n(C4CCCC4)c3n2)CC1. The minimum absolute atomic E-state index is 0.0143. The topological polar surface area (TPSA) is 213 Å². The molecule has 382 valence electrons. The van der Waals surface area contributed by atoms with Crippen LogP contribution in [-0.2, 0) is 35.8 Å². The van der Waals surface area contributed by atoms with Crippen LogP contribution in [-0.4, -0.2) is 124 Å². The van der Waals surface area contributed by atoms with Gasteiger partial charge >= 0.3 is 7.12 Å². The standard InChI is InChI=1S/C21H29N5O3S.C18H24BrN5O3S.C9H17BO2/c1-3-6-15-13-16-14-22-21(23-17-9-11-25(12-10-17)30(2,28)29)24-19(16)26(20(15)27)18-7-4-5-8-18;1-28(26,27)23-8-6-13(7-9-23)21-18-20-11-12-10-15(19)17(25)24(16(12)22-18)14-4-2-3-5-14;1-6-7-10-11-8(2,3)9(4,5)12-10/h3,13-14,17-18H,1,4-12H2,2H3,(H,22,23,24);10-11,13-14H,2-9H2,1H3,(H,20,21,22);6H,1,7H2,2-5H3. The number of aromatic nitrogens is 6. The number of rotatable bonds is 12. The van der Waals surface area contributed by atoms with Crippen molar-refractivity contribution < 1.29 is 26.1 Å². The molecule has 5 aliphatic rings.